The van der Waals surface area contributed by atoms with Gasteiger partial charge in [-0.2, -0.15) is 0 Å². The first kappa shape index (κ1) is 11.3. The summed E-state index contributed by atoms with van der Waals surface area (Å²) in [4.78, 5) is 13.6. The zero-order valence-corrected chi connectivity index (χ0v) is 8.16. The van der Waals surface area contributed by atoms with Gasteiger partial charge in [0.2, 0.25) is 0 Å². The highest BCUT2D eigenvalue weighted by atomic mass is 16.4. The van der Waals surface area contributed by atoms with E-state index in [0.29, 0.717) is 6.42 Å². The van der Waals surface area contributed by atoms with Crippen LogP contribution in [0.25, 0.3) is 10.9 Å². The summed E-state index contributed by atoms with van der Waals surface area (Å²) in [5.41, 5.74) is 2.04. The van der Waals surface area contributed by atoms with Crippen LogP contribution < -0.4 is 0 Å². The number of rotatable bonds is 3. The topological polar surface area (TPSA) is 84.6 Å². The first-order chi connectivity index (χ1) is 6.75. The molecule has 0 bridgehead atoms. The van der Waals surface area contributed by atoms with E-state index in [-0.39, 0.29) is 11.9 Å². The van der Waals surface area contributed by atoms with Crippen LogP contribution in [0.5, 0.6) is 0 Å². The molecule has 4 heteroatoms. The van der Waals surface area contributed by atoms with Crippen LogP contribution in [0.15, 0.2) is 30.3 Å². The molecule has 0 unspecified atom stereocenters. The van der Waals surface area contributed by atoms with E-state index in [1.54, 1.807) is 0 Å². The van der Waals surface area contributed by atoms with Gasteiger partial charge in [-0.05, 0) is 23.9 Å². The van der Waals surface area contributed by atoms with Crippen LogP contribution in [-0.4, -0.2) is 21.5 Å². The molecular formula is C11H13NO3. The van der Waals surface area contributed by atoms with Crippen molar-refractivity contribution in [1.29, 1.82) is 0 Å². The van der Waals surface area contributed by atoms with Crippen molar-refractivity contribution in [2.24, 2.45) is 0 Å². The quantitative estimate of drug-likeness (QED) is 0.796. The standard InChI is InChI=1S/C11H11NO2.H2O/c13-11(14)6-5-9-7-8-3-1-2-4-10(8)12-9;/h1-4,7,12H,5-6H2,(H,13,14);1H2. The number of para-hydroxylation sites is 1. The van der Waals surface area contributed by atoms with Gasteiger partial charge < -0.3 is 15.6 Å². The molecule has 2 aromatic rings. The third-order valence-corrected chi connectivity index (χ3v) is 2.19. The molecule has 4 nitrogen and oxygen atoms in total. The van der Waals surface area contributed by atoms with Gasteiger partial charge in [0.15, 0.2) is 0 Å². The fourth-order valence-corrected chi connectivity index (χ4v) is 1.51. The first-order valence-corrected chi connectivity index (χ1v) is 4.54. The van der Waals surface area contributed by atoms with Gasteiger partial charge in [-0.1, -0.05) is 18.2 Å². The number of aromatic amines is 1. The molecule has 0 spiro atoms. The minimum absolute atomic E-state index is 0. The summed E-state index contributed by atoms with van der Waals surface area (Å²) in [5.74, 6) is -0.761. The molecule has 4 N–H and O–H groups in total. The molecule has 0 aliphatic carbocycles. The van der Waals surface area contributed by atoms with Crippen molar-refractivity contribution in [3.63, 3.8) is 0 Å². The summed E-state index contributed by atoms with van der Waals surface area (Å²) in [6.45, 7) is 0. The zero-order chi connectivity index (χ0) is 9.97. The second-order valence-corrected chi connectivity index (χ2v) is 3.28. The molecule has 0 atom stereocenters. The predicted molar refractivity (Wildman–Crippen MR) is 57.9 cm³/mol. The van der Waals surface area contributed by atoms with Gasteiger partial charge in [0, 0.05) is 11.2 Å². The van der Waals surface area contributed by atoms with Crippen LogP contribution >= 0.6 is 0 Å². The molecule has 15 heavy (non-hydrogen) atoms. The van der Waals surface area contributed by atoms with Crippen LogP contribution in [0, 0.1) is 0 Å². The summed E-state index contributed by atoms with van der Waals surface area (Å²) in [5, 5.41) is 9.67. The number of aryl methyl sites for hydroxylation is 1. The monoisotopic (exact) mass is 207 g/mol. The number of aliphatic carboxylic acids is 1. The molecule has 0 saturated carbocycles. The van der Waals surface area contributed by atoms with Crippen LogP contribution in [-0.2, 0) is 11.2 Å². The smallest absolute Gasteiger partial charge is 0.303 e. The highest BCUT2D eigenvalue weighted by Crippen LogP contribution is 2.15. The van der Waals surface area contributed by atoms with Crippen molar-refractivity contribution in [2.45, 2.75) is 12.8 Å². The van der Waals surface area contributed by atoms with Crippen LogP contribution in [0.3, 0.4) is 0 Å². The first-order valence-electron chi connectivity index (χ1n) is 4.54. The normalized spacial score (nSPS) is 9.87. The molecule has 2 rings (SSSR count). The van der Waals surface area contributed by atoms with Gasteiger partial charge in [-0.3, -0.25) is 4.79 Å². The Morgan fingerprint density at radius 2 is 2.07 bits per heavy atom. The number of H-pyrrole nitrogens is 1. The maximum Gasteiger partial charge on any atom is 0.303 e. The highest BCUT2D eigenvalue weighted by Gasteiger charge is 2.02. The number of carbonyl (C=O) groups is 1. The number of hydrogen-bond acceptors (Lipinski definition) is 1. The molecule has 1 heterocycles. The lowest BCUT2D eigenvalue weighted by atomic mass is 10.2. The Kier molecular flexibility index (Phi) is 3.46. The fraction of sp³-hybridized carbons (Fsp3) is 0.182. The van der Waals surface area contributed by atoms with Crippen LogP contribution in [0.4, 0.5) is 0 Å². The predicted octanol–water partition coefficient (Wildman–Crippen LogP) is 1.36. The average molecular weight is 207 g/mol. The second-order valence-electron chi connectivity index (χ2n) is 3.28. The molecule has 80 valence electrons. The Bertz CT molecular complexity index is 429. The van der Waals surface area contributed by atoms with Crippen molar-refractivity contribution in [2.75, 3.05) is 0 Å². The lowest BCUT2D eigenvalue weighted by molar-refractivity contribution is -0.136. The molecule has 0 aliphatic heterocycles. The molecule has 1 aromatic carbocycles. The average Bonchev–Trinajstić information content (AvgIpc) is 2.57. The van der Waals surface area contributed by atoms with E-state index < -0.39 is 5.97 Å². The summed E-state index contributed by atoms with van der Waals surface area (Å²) in [6.07, 6.45) is 0.733. The van der Waals surface area contributed by atoms with E-state index in [2.05, 4.69) is 4.98 Å². The summed E-state index contributed by atoms with van der Waals surface area (Å²) in [6, 6.07) is 9.92. The maximum atomic E-state index is 10.4. The van der Waals surface area contributed by atoms with Crippen molar-refractivity contribution in [3.05, 3.63) is 36.0 Å². The summed E-state index contributed by atoms with van der Waals surface area (Å²) >= 11 is 0. The van der Waals surface area contributed by atoms with E-state index in [0.717, 1.165) is 16.6 Å². The summed E-state index contributed by atoms with van der Waals surface area (Å²) < 4.78 is 0. The number of hydrogen-bond donors (Lipinski definition) is 2. The Labute approximate surface area is 86.9 Å². The van der Waals surface area contributed by atoms with Crippen LogP contribution in [0.1, 0.15) is 12.1 Å². The van der Waals surface area contributed by atoms with Gasteiger partial charge >= 0.3 is 5.97 Å². The zero-order valence-electron chi connectivity index (χ0n) is 8.16. The van der Waals surface area contributed by atoms with Crippen molar-refractivity contribution < 1.29 is 15.4 Å². The van der Waals surface area contributed by atoms with Gasteiger partial charge in [-0.15, -0.1) is 0 Å². The Hall–Kier alpha value is -1.81. The molecule has 0 aliphatic rings. The van der Waals surface area contributed by atoms with E-state index in [1.165, 1.54) is 0 Å². The highest BCUT2D eigenvalue weighted by molar-refractivity contribution is 5.80. The number of nitrogens with one attached hydrogen (secondary N) is 1. The molecule has 0 radical (unpaired) electrons. The lowest BCUT2D eigenvalue weighted by Gasteiger charge is -1.91. The molecule has 1 aromatic heterocycles. The van der Waals surface area contributed by atoms with E-state index >= 15 is 0 Å². The number of carboxylic acid groups (broad SMARTS) is 1. The third kappa shape index (κ3) is 2.57. The van der Waals surface area contributed by atoms with Gasteiger partial charge in [0.25, 0.3) is 0 Å². The number of benzene rings is 1. The molecule has 0 fully saturated rings. The Morgan fingerprint density at radius 3 is 2.73 bits per heavy atom. The van der Waals surface area contributed by atoms with E-state index in [4.69, 9.17) is 5.11 Å². The number of aromatic nitrogens is 1. The SMILES string of the molecule is O.O=C(O)CCc1cc2ccccc2[nH]1. The molecule has 0 saturated heterocycles. The van der Waals surface area contributed by atoms with E-state index in [1.807, 2.05) is 30.3 Å². The van der Waals surface area contributed by atoms with E-state index in [9.17, 15) is 4.79 Å². The third-order valence-electron chi connectivity index (χ3n) is 2.19. The Balaban J connectivity index is 0.00000112. The van der Waals surface area contributed by atoms with Crippen molar-refractivity contribution in [1.82, 2.24) is 4.98 Å². The fourth-order valence-electron chi connectivity index (χ4n) is 1.51. The second kappa shape index (κ2) is 4.61. The van der Waals surface area contributed by atoms with Crippen LogP contribution in [0.2, 0.25) is 0 Å². The largest absolute Gasteiger partial charge is 0.481 e. The minimum Gasteiger partial charge on any atom is -0.481 e. The number of fused-ring (bicyclic) bond motifs is 1. The number of carboxylic acids is 1. The molecule has 0 amide bonds. The minimum atomic E-state index is -0.761. The van der Waals surface area contributed by atoms with Crippen molar-refractivity contribution in [3.8, 4) is 0 Å². The lowest BCUT2D eigenvalue weighted by Crippen LogP contribution is -1.97. The van der Waals surface area contributed by atoms with Gasteiger partial charge in [0.05, 0.1) is 6.42 Å². The molecular weight excluding hydrogens is 194 g/mol. The Morgan fingerprint density at radius 1 is 1.33 bits per heavy atom. The van der Waals surface area contributed by atoms with Gasteiger partial charge in [-0.25, -0.2) is 0 Å². The van der Waals surface area contributed by atoms with Gasteiger partial charge in [0.1, 0.15) is 0 Å². The van der Waals surface area contributed by atoms with Crippen molar-refractivity contribution >= 4 is 16.9 Å². The summed E-state index contributed by atoms with van der Waals surface area (Å²) in [7, 11) is 0. The maximum absolute atomic E-state index is 10.4.